The molecule has 8 heteroatoms. The quantitative estimate of drug-likeness (QED) is 0.425. The number of methoxy groups -OCH3 is 4. The molecular formula is C23H25NO7. The van der Waals surface area contributed by atoms with Crippen LogP contribution in [0.4, 0.5) is 0 Å². The average molecular weight is 427 g/mol. The van der Waals surface area contributed by atoms with E-state index in [9.17, 15) is 14.4 Å². The van der Waals surface area contributed by atoms with Gasteiger partial charge in [0.15, 0.2) is 5.41 Å². The first-order chi connectivity index (χ1) is 14.9. The van der Waals surface area contributed by atoms with Crippen molar-refractivity contribution in [3.63, 3.8) is 0 Å². The van der Waals surface area contributed by atoms with Gasteiger partial charge in [0.05, 0.1) is 34.5 Å². The number of benzene rings is 2. The van der Waals surface area contributed by atoms with Gasteiger partial charge >= 0.3 is 17.9 Å². The molecule has 1 aliphatic rings. The maximum atomic E-state index is 13.3. The van der Waals surface area contributed by atoms with Crippen LogP contribution in [0.5, 0.6) is 5.75 Å². The van der Waals surface area contributed by atoms with Crippen LogP contribution in [-0.4, -0.2) is 52.4 Å². The lowest BCUT2D eigenvalue weighted by atomic mass is 9.66. The lowest BCUT2D eigenvalue weighted by Crippen LogP contribution is -2.49. The zero-order valence-corrected chi connectivity index (χ0v) is 17.8. The highest BCUT2D eigenvalue weighted by Gasteiger charge is 2.68. The largest absolute Gasteiger partial charge is 0.497 e. The third-order valence-electron chi connectivity index (χ3n) is 5.73. The molecule has 2 aromatic rings. The molecular weight excluding hydrogens is 402 g/mol. The van der Waals surface area contributed by atoms with Crippen molar-refractivity contribution < 1.29 is 33.3 Å². The van der Waals surface area contributed by atoms with E-state index in [1.54, 1.807) is 48.5 Å². The molecule has 2 aromatic carbocycles. The van der Waals surface area contributed by atoms with E-state index in [2.05, 4.69) is 5.32 Å². The van der Waals surface area contributed by atoms with Crippen LogP contribution in [0.25, 0.3) is 0 Å². The minimum Gasteiger partial charge on any atom is -0.497 e. The molecule has 1 heterocycles. The lowest BCUT2D eigenvalue weighted by Gasteiger charge is -2.34. The van der Waals surface area contributed by atoms with Crippen molar-refractivity contribution in [2.75, 3.05) is 28.4 Å². The van der Waals surface area contributed by atoms with E-state index in [0.717, 1.165) is 0 Å². The molecule has 0 radical (unpaired) electrons. The van der Waals surface area contributed by atoms with Crippen molar-refractivity contribution in [1.82, 2.24) is 5.32 Å². The Morgan fingerprint density at radius 2 is 1.35 bits per heavy atom. The second-order valence-electron chi connectivity index (χ2n) is 7.11. The Morgan fingerprint density at radius 3 is 1.84 bits per heavy atom. The summed E-state index contributed by atoms with van der Waals surface area (Å²) in [6.07, 6.45) is 0. The molecule has 1 fully saturated rings. The molecule has 1 N–H and O–H groups in total. The summed E-state index contributed by atoms with van der Waals surface area (Å²) >= 11 is 0. The first-order valence-corrected chi connectivity index (χ1v) is 9.65. The van der Waals surface area contributed by atoms with Gasteiger partial charge in [0.25, 0.3) is 0 Å². The van der Waals surface area contributed by atoms with Crippen molar-refractivity contribution in [3.8, 4) is 5.75 Å². The van der Waals surface area contributed by atoms with Gasteiger partial charge < -0.3 is 18.9 Å². The summed E-state index contributed by atoms with van der Waals surface area (Å²) in [4.78, 5) is 39.5. The Labute approximate surface area is 180 Å². The zero-order chi connectivity index (χ0) is 22.6. The van der Waals surface area contributed by atoms with Crippen LogP contribution in [0.3, 0.4) is 0 Å². The van der Waals surface area contributed by atoms with Crippen LogP contribution in [0.2, 0.25) is 0 Å². The molecule has 3 rings (SSSR count). The topological polar surface area (TPSA) is 100 Å². The minimum absolute atomic E-state index is 0.554. The number of hydrogen-bond donors (Lipinski definition) is 1. The predicted octanol–water partition coefficient (Wildman–Crippen LogP) is 2.00. The van der Waals surface area contributed by atoms with E-state index in [1.807, 2.05) is 6.07 Å². The summed E-state index contributed by atoms with van der Waals surface area (Å²) in [6.45, 7) is 0. The third kappa shape index (κ3) is 3.63. The summed E-state index contributed by atoms with van der Waals surface area (Å²) in [6, 6.07) is 13.8. The van der Waals surface area contributed by atoms with Gasteiger partial charge in [0.2, 0.25) is 0 Å². The summed E-state index contributed by atoms with van der Waals surface area (Å²) in [7, 11) is 5.18. The summed E-state index contributed by atoms with van der Waals surface area (Å²) in [5.74, 6) is -2.61. The monoisotopic (exact) mass is 427 g/mol. The van der Waals surface area contributed by atoms with Gasteiger partial charge in [-0.25, -0.2) is 0 Å². The standard InChI is InChI=1S/C23H25NO7/c1-28-16-12-10-14(11-13-16)17-18(20(25)29-2)24-19(15-8-6-5-7-9-15)23(17,21(26)30-3)22(27)31-4/h5-13,17-19,24H,1-4H3/t17-,18+,19+/m0/s1. The second kappa shape index (κ2) is 9.18. The average Bonchev–Trinajstić information content (AvgIpc) is 3.20. The van der Waals surface area contributed by atoms with Crippen molar-refractivity contribution in [3.05, 3.63) is 65.7 Å². The van der Waals surface area contributed by atoms with Crippen LogP contribution < -0.4 is 10.1 Å². The van der Waals surface area contributed by atoms with Crippen LogP contribution in [0, 0.1) is 5.41 Å². The Balaban J connectivity index is 2.32. The number of carbonyl (C=O) groups excluding carboxylic acids is 3. The van der Waals surface area contributed by atoms with E-state index < -0.39 is 41.3 Å². The van der Waals surface area contributed by atoms with Crippen molar-refractivity contribution in [1.29, 1.82) is 0 Å². The molecule has 3 atom stereocenters. The fourth-order valence-electron chi connectivity index (χ4n) is 4.36. The Bertz CT molecular complexity index is 926. The van der Waals surface area contributed by atoms with Gasteiger partial charge in [-0.2, -0.15) is 0 Å². The second-order valence-corrected chi connectivity index (χ2v) is 7.11. The molecule has 0 amide bonds. The lowest BCUT2D eigenvalue weighted by molar-refractivity contribution is -0.171. The molecule has 164 valence electrons. The summed E-state index contributed by atoms with van der Waals surface area (Å²) < 4.78 is 20.4. The van der Waals surface area contributed by atoms with E-state index in [4.69, 9.17) is 18.9 Å². The molecule has 8 nitrogen and oxygen atoms in total. The van der Waals surface area contributed by atoms with Crippen LogP contribution >= 0.6 is 0 Å². The van der Waals surface area contributed by atoms with Crippen molar-refractivity contribution in [2.24, 2.45) is 5.41 Å². The molecule has 31 heavy (non-hydrogen) atoms. The van der Waals surface area contributed by atoms with E-state index in [-0.39, 0.29) is 0 Å². The molecule has 0 spiro atoms. The molecule has 0 aromatic heterocycles. The van der Waals surface area contributed by atoms with Crippen molar-refractivity contribution in [2.45, 2.75) is 18.0 Å². The van der Waals surface area contributed by atoms with Crippen LogP contribution in [0.1, 0.15) is 23.1 Å². The maximum Gasteiger partial charge on any atom is 0.325 e. The highest BCUT2D eigenvalue weighted by molar-refractivity contribution is 6.04. The number of nitrogens with one attached hydrogen (secondary N) is 1. The number of rotatable bonds is 6. The van der Waals surface area contributed by atoms with E-state index in [0.29, 0.717) is 16.9 Å². The smallest absolute Gasteiger partial charge is 0.325 e. The highest BCUT2D eigenvalue weighted by atomic mass is 16.5. The normalized spacial score (nSPS) is 21.7. The van der Waals surface area contributed by atoms with Gasteiger partial charge in [-0.05, 0) is 23.3 Å². The number of carbonyl (C=O) groups is 3. The summed E-state index contributed by atoms with van der Waals surface area (Å²) in [5, 5.41) is 3.15. The third-order valence-corrected chi connectivity index (χ3v) is 5.73. The number of esters is 3. The molecule has 0 bridgehead atoms. The maximum absolute atomic E-state index is 13.3. The first-order valence-electron chi connectivity index (χ1n) is 9.65. The molecule has 1 saturated heterocycles. The van der Waals surface area contributed by atoms with E-state index >= 15 is 0 Å². The number of ether oxygens (including phenoxy) is 4. The molecule has 0 unspecified atom stereocenters. The molecule has 1 aliphatic heterocycles. The fraction of sp³-hybridized carbons (Fsp3) is 0.348. The van der Waals surface area contributed by atoms with Gasteiger partial charge in [-0.1, -0.05) is 42.5 Å². The highest BCUT2D eigenvalue weighted by Crippen LogP contribution is 2.55. The van der Waals surface area contributed by atoms with Gasteiger partial charge in [-0.15, -0.1) is 0 Å². The Hall–Kier alpha value is -3.39. The van der Waals surface area contributed by atoms with E-state index in [1.165, 1.54) is 28.4 Å². The van der Waals surface area contributed by atoms with Gasteiger partial charge in [0, 0.05) is 5.92 Å². The van der Waals surface area contributed by atoms with Crippen LogP contribution in [-0.2, 0) is 28.6 Å². The Kier molecular flexibility index (Phi) is 6.60. The SMILES string of the molecule is COC(=O)[C@@H]1N[C@H](c2ccccc2)C(C(=O)OC)(C(=O)OC)[C@H]1c1ccc(OC)cc1. The Morgan fingerprint density at radius 1 is 0.774 bits per heavy atom. The molecule has 0 aliphatic carbocycles. The predicted molar refractivity (Wildman–Crippen MR) is 110 cm³/mol. The number of hydrogen-bond acceptors (Lipinski definition) is 8. The summed E-state index contributed by atoms with van der Waals surface area (Å²) in [5.41, 5.74) is -0.695. The zero-order valence-electron chi connectivity index (χ0n) is 17.8. The minimum atomic E-state index is -1.88. The molecule has 0 saturated carbocycles. The first kappa shape index (κ1) is 22.3. The fourth-order valence-corrected chi connectivity index (χ4v) is 4.36. The van der Waals surface area contributed by atoms with Gasteiger partial charge in [-0.3, -0.25) is 19.7 Å². The van der Waals surface area contributed by atoms with Crippen molar-refractivity contribution >= 4 is 17.9 Å². The van der Waals surface area contributed by atoms with Gasteiger partial charge in [0.1, 0.15) is 11.8 Å². The van der Waals surface area contributed by atoms with Crippen LogP contribution in [0.15, 0.2) is 54.6 Å².